The highest BCUT2D eigenvalue weighted by atomic mass is 35.5. The second-order valence-corrected chi connectivity index (χ2v) is 5.35. The lowest BCUT2D eigenvalue weighted by Gasteiger charge is -2.19. The van der Waals surface area contributed by atoms with E-state index < -0.39 is 6.04 Å². The van der Waals surface area contributed by atoms with Gasteiger partial charge in [0, 0.05) is 11.7 Å². The average Bonchev–Trinajstić information content (AvgIpc) is 2.64. The minimum absolute atomic E-state index is 0.124. The summed E-state index contributed by atoms with van der Waals surface area (Å²) >= 11 is 6.03. The summed E-state index contributed by atoms with van der Waals surface area (Å²) in [7, 11) is 1.54. The van der Waals surface area contributed by atoms with Crippen LogP contribution >= 0.6 is 11.6 Å². The number of rotatable bonds is 4. The number of carbonyl (C=O) groups is 2. The summed E-state index contributed by atoms with van der Waals surface area (Å²) in [6, 6.07) is 4.50. The van der Waals surface area contributed by atoms with Crippen LogP contribution in [-0.2, 0) is 9.59 Å². The molecule has 1 aliphatic heterocycles. The molecule has 0 spiro atoms. The van der Waals surface area contributed by atoms with Gasteiger partial charge in [0.15, 0.2) is 0 Å². The van der Waals surface area contributed by atoms with Crippen LogP contribution in [-0.4, -0.2) is 35.9 Å². The van der Waals surface area contributed by atoms with E-state index in [0.717, 1.165) is 0 Å². The molecule has 0 aliphatic carbocycles. The maximum atomic E-state index is 12.2. The number of nitrogens with zero attached hydrogens (tertiary/aromatic N) is 1. The van der Waals surface area contributed by atoms with E-state index in [4.69, 9.17) is 16.3 Å². The molecule has 2 rings (SSSR count). The molecule has 0 aromatic heterocycles. The van der Waals surface area contributed by atoms with Crippen LogP contribution in [0.25, 0.3) is 0 Å². The van der Waals surface area contributed by atoms with Gasteiger partial charge in [0.2, 0.25) is 5.91 Å². The first-order valence-corrected chi connectivity index (χ1v) is 6.77. The first-order valence-electron chi connectivity index (χ1n) is 6.40. The number of hydrogen-bond acceptors (Lipinski definition) is 4. The molecule has 1 N–H and O–H groups in total. The fraction of sp³-hybridized carbons (Fsp3) is 0.429. The summed E-state index contributed by atoms with van der Waals surface area (Å²) in [5.74, 6) is 0.217. The third-order valence-electron chi connectivity index (χ3n) is 3.19. The van der Waals surface area contributed by atoms with E-state index in [2.05, 4.69) is 5.32 Å². The minimum atomic E-state index is -0.533. The summed E-state index contributed by atoms with van der Waals surface area (Å²) in [4.78, 5) is 25.3. The Morgan fingerprint density at radius 3 is 2.60 bits per heavy atom. The predicted molar refractivity (Wildman–Crippen MR) is 77.0 cm³/mol. The second-order valence-electron chi connectivity index (χ2n) is 4.95. The van der Waals surface area contributed by atoms with Crippen LogP contribution in [0.2, 0.25) is 5.02 Å². The molecule has 0 saturated carbocycles. The van der Waals surface area contributed by atoms with E-state index in [9.17, 15) is 9.59 Å². The van der Waals surface area contributed by atoms with Gasteiger partial charge < -0.3 is 10.1 Å². The highest BCUT2D eigenvalue weighted by Gasteiger charge is 2.39. The number of likely N-dealkylation sites (tertiary alicyclic amines) is 1. The fourth-order valence-corrected chi connectivity index (χ4v) is 2.52. The predicted octanol–water partition coefficient (Wildman–Crippen LogP) is 2.30. The molecule has 5 nitrogen and oxygen atoms in total. The van der Waals surface area contributed by atoms with Gasteiger partial charge in [-0.2, -0.15) is 0 Å². The molecule has 1 aromatic rings. The van der Waals surface area contributed by atoms with Gasteiger partial charge in [-0.1, -0.05) is 11.6 Å². The zero-order chi connectivity index (χ0) is 14.9. The monoisotopic (exact) mass is 296 g/mol. The molecule has 0 radical (unpaired) electrons. The molecule has 2 amide bonds. The van der Waals surface area contributed by atoms with Crippen LogP contribution in [0.3, 0.4) is 0 Å². The van der Waals surface area contributed by atoms with Gasteiger partial charge in [0.1, 0.15) is 11.8 Å². The number of benzene rings is 1. The molecular formula is C14H17ClN2O3. The maximum absolute atomic E-state index is 12.2. The average molecular weight is 297 g/mol. The van der Waals surface area contributed by atoms with Crippen LogP contribution < -0.4 is 10.1 Å². The Bertz CT molecular complexity index is 545. The Balaban J connectivity index is 2.13. The molecule has 108 valence electrons. The summed E-state index contributed by atoms with van der Waals surface area (Å²) in [5.41, 5.74) is 0.688. The third-order valence-corrected chi connectivity index (χ3v) is 3.49. The molecule has 1 aromatic carbocycles. The molecule has 1 atom stereocenters. The Kier molecular flexibility index (Phi) is 4.18. The summed E-state index contributed by atoms with van der Waals surface area (Å²) < 4.78 is 5.07. The molecule has 1 saturated heterocycles. The largest absolute Gasteiger partial charge is 0.495 e. The summed E-state index contributed by atoms with van der Waals surface area (Å²) in [5, 5.41) is 3.50. The minimum Gasteiger partial charge on any atom is -0.495 e. The molecule has 0 bridgehead atoms. The number of ether oxygens (including phenoxy) is 1. The smallest absolute Gasteiger partial charge is 0.252 e. The Hall–Kier alpha value is -1.75. The Morgan fingerprint density at radius 1 is 1.40 bits per heavy atom. The van der Waals surface area contributed by atoms with E-state index in [1.165, 1.54) is 12.0 Å². The number of methoxy groups -OCH3 is 1. The van der Waals surface area contributed by atoms with Crippen molar-refractivity contribution in [1.29, 1.82) is 0 Å². The van der Waals surface area contributed by atoms with E-state index >= 15 is 0 Å². The molecule has 6 heteroatoms. The van der Waals surface area contributed by atoms with Gasteiger partial charge in [0.25, 0.3) is 5.91 Å². The topological polar surface area (TPSA) is 58.6 Å². The lowest BCUT2D eigenvalue weighted by molar-refractivity contribution is -0.140. The number of anilines is 1. The van der Waals surface area contributed by atoms with Gasteiger partial charge in [-0.05, 0) is 32.0 Å². The third kappa shape index (κ3) is 2.72. The van der Waals surface area contributed by atoms with Crippen molar-refractivity contribution in [1.82, 2.24) is 4.90 Å². The number of halogens is 1. The number of amides is 2. The van der Waals surface area contributed by atoms with Crippen LogP contribution in [0, 0.1) is 0 Å². The number of hydrogen-bond donors (Lipinski definition) is 1. The van der Waals surface area contributed by atoms with Crippen LogP contribution in [0.4, 0.5) is 5.69 Å². The molecular weight excluding hydrogens is 280 g/mol. The van der Waals surface area contributed by atoms with E-state index in [1.54, 1.807) is 18.2 Å². The molecule has 1 fully saturated rings. The lowest BCUT2D eigenvalue weighted by Crippen LogP contribution is -2.39. The molecule has 1 aliphatic rings. The van der Waals surface area contributed by atoms with Crippen molar-refractivity contribution < 1.29 is 14.3 Å². The first-order chi connectivity index (χ1) is 9.43. The SMILES string of the molecule is COc1ccc(NC2CC(=O)N(C(C)C)C2=O)cc1Cl. The van der Waals surface area contributed by atoms with Gasteiger partial charge in [0.05, 0.1) is 18.6 Å². The summed E-state index contributed by atoms with van der Waals surface area (Å²) in [6.07, 6.45) is 0.167. The highest BCUT2D eigenvalue weighted by molar-refractivity contribution is 6.32. The maximum Gasteiger partial charge on any atom is 0.252 e. The lowest BCUT2D eigenvalue weighted by atomic mass is 10.2. The first kappa shape index (κ1) is 14.7. The van der Waals surface area contributed by atoms with Gasteiger partial charge in [-0.15, -0.1) is 0 Å². The quantitative estimate of drug-likeness (QED) is 0.866. The number of imide groups is 1. The van der Waals surface area contributed by atoms with Crippen molar-refractivity contribution in [3.63, 3.8) is 0 Å². The zero-order valence-electron chi connectivity index (χ0n) is 11.6. The van der Waals surface area contributed by atoms with Crippen molar-refractivity contribution in [2.75, 3.05) is 12.4 Å². The van der Waals surface area contributed by atoms with Crippen molar-refractivity contribution in [3.05, 3.63) is 23.2 Å². The van der Waals surface area contributed by atoms with Crippen LogP contribution in [0.1, 0.15) is 20.3 Å². The van der Waals surface area contributed by atoms with Crippen LogP contribution in [0.5, 0.6) is 5.75 Å². The Morgan fingerprint density at radius 2 is 2.10 bits per heavy atom. The van der Waals surface area contributed by atoms with E-state index in [1.807, 2.05) is 13.8 Å². The van der Waals surface area contributed by atoms with Crippen molar-refractivity contribution >= 4 is 29.1 Å². The van der Waals surface area contributed by atoms with Gasteiger partial charge in [-0.25, -0.2) is 0 Å². The number of nitrogens with one attached hydrogen (secondary N) is 1. The summed E-state index contributed by atoms with van der Waals surface area (Å²) in [6.45, 7) is 3.64. The normalized spacial score (nSPS) is 18.9. The fourth-order valence-electron chi connectivity index (χ4n) is 2.26. The van der Waals surface area contributed by atoms with E-state index in [-0.39, 0.29) is 24.3 Å². The Labute approximate surface area is 122 Å². The molecule has 1 heterocycles. The highest BCUT2D eigenvalue weighted by Crippen LogP contribution is 2.28. The molecule has 20 heavy (non-hydrogen) atoms. The standard InChI is InChI=1S/C14H17ClN2O3/c1-8(2)17-13(18)7-11(14(17)19)16-9-4-5-12(20-3)10(15)6-9/h4-6,8,11,16H,7H2,1-3H3. The van der Waals surface area contributed by atoms with Crippen molar-refractivity contribution in [2.45, 2.75) is 32.4 Å². The van der Waals surface area contributed by atoms with Gasteiger partial charge in [-0.3, -0.25) is 14.5 Å². The van der Waals surface area contributed by atoms with Gasteiger partial charge >= 0.3 is 0 Å². The zero-order valence-corrected chi connectivity index (χ0v) is 12.4. The van der Waals surface area contributed by atoms with Crippen molar-refractivity contribution in [2.24, 2.45) is 0 Å². The molecule has 1 unspecified atom stereocenters. The number of carbonyl (C=O) groups excluding carboxylic acids is 2. The van der Waals surface area contributed by atoms with Crippen molar-refractivity contribution in [3.8, 4) is 5.75 Å². The second kappa shape index (κ2) is 5.71. The van der Waals surface area contributed by atoms with E-state index in [0.29, 0.717) is 16.5 Å². The van der Waals surface area contributed by atoms with Crippen LogP contribution in [0.15, 0.2) is 18.2 Å².